The average Bonchev–Trinajstić information content (AvgIpc) is 3.12. The van der Waals surface area contributed by atoms with Crippen LogP contribution in [0.4, 0.5) is 13.2 Å². The quantitative estimate of drug-likeness (QED) is 0.225. The monoisotopic (exact) mass is 544 g/mol. The van der Waals surface area contributed by atoms with Crippen molar-refractivity contribution in [2.45, 2.75) is 16.9 Å². The minimum atomic E-state index is -4.35. The second-order valence-corrected chi connectivity index (χ2v) is 10.1. The SMILES string of the molecule is NC(=O)c1cccc2c1c1ccc(-c3c(Cl)cccc3Cl)cc1n2Cc1ccc(SC(F)(F)F)cc1. The van der Waals surface area contributed by atoms with Crippen molar-refractivity contribution >= 4 is 62.7 Å². The van der Waals surface area contributed by atoms with Gasteiger partial charge in [0.1, 0.15) is 0 Å². The third kappa shape index (κ3) is 4.66. The van der Waals surface area contributed by atoms with Gasteiger partial charge in [-0.2, -0.15) is 13.2 Å². The van der Waals surface area contributed by atoms with Crippen LogP contribution < -0.4 is 5.73 Å². The smallest absolute Gasteiger partial charge is 0.366 e. The summed E-state index contributed by atoms with van der Waals surface area (Å²) in [5.41, 5.74) is 5.57. The Kier molecular flexibility index (Phi) is 6.41. The Morgan fingerprint density at radius 3 is 2.19 bits per heavy atom. The Bertz CT molecular complexity index is 1610. The van der Waals surface area contributed by atoms with Crippen molar-refractivity contribution in [3.63, 3.8) is 0 Å². The lowest BCUT2D eigenvalue weighted by Crippen LogP contribution is -2.11. The molecule has 0 unspecified atom stereocenters. The molecule has 3 nitrogen and oxygen atoms in total. The van der Waals surface area contributed by atoms with Crippen LogP contribution in [-0.4, -0.2) is 16.0 Å². The Balaban J connectivity index is 1.70. The number of alkyl halides is 3. The molecule has 9 heteroatoms. The van der Waals surface area contributed by atoms with Crippen molar-refractivity contribution in [2.24, 2.45) is 5.73 Å². The van der Waals surface area contributed by atoms with Gasteiger partial charge in [-0.05, 0) is 65.4 Å². The molecule has 1 aromatic heterocycles. The molecular formula is C27H17Cl2F3N2OS. The van der Waals surface area contributed by atoms with E-state index in [1.165, 1.54) is 12.1 Å². The van der Waals surface area contributed by atoms with Crippen LogP contribution in [-0.2, 0) is 6.54 Å². The first-order valence-electron chi connectivity index (χ1n) is 10.8. The molecule has 0 aliphatic carbocycles. The second-order valence-electron chi connectivity index (χ2n) is 8.17. The normalized spacial score (nSPS) is 11.9. The van der Waals surface area contributed by atoms with E-state index in [9.17, 15) is 18.0 Å². The zero-order chi connectivity index (χ0) is 25.6. The van der Waals surface area contributed by atoms with Crippen LogP contribution in [0.1, 0.15) is 15.9 Å². The number of hydrogen-bond donors (Lipinski definition) is 1. The third-order valence-electron chi connectivity index (χ3n) is 5.91. The summed E-state index contributed by atoms with van der Waals surface area (Å²) >= 11 is 12.8. The number of primary amides is 1. The number of thioether (sulfide) groups is 1. The van der Waals surface area contributed by atoms with Gasteiger partial charge in [0.05, 0.1) is 11.0 Å². The van der Waals surface area contributed by atoms with E-state index in [-0.39, 0.29) is 16.7 Å². The largest absolute Gasteiger partial charge is 0.446 e. The van der Waals surface area contributed by atoms with Crippen molar-refractivity contribution < 1.29 is 18.0 Å². The molecule has 36 heavy (non-hydrogen) atoms. The summed E-state index contributed by atoms with van der Waals surface area (Å²) in [6, 6.07) is 22.6. The van der Waals surface area contributed by atoms with Gasteiger partial charge in [-0.15, -0.1) is 0 Å². The zero-order valence-corrected chi connectivity index (χ0v) is 20.8. The fourth-order valence-corrected chi connectivity index (χ4v) is 5.58. The van der Waals surface area contributed by atoms with Gasteiger partial charge in [0.2, 0.25) is 5.91 Å². The summed E-state index contributed by atoms with van der Waals surface area (Å²) in [6.07, 6.45) is 0. The van der Waals surface area contributed by atoms with Crippen molar-refractivity contribution in [1.82, 2.24) is 4.57 Å². The van der Waals surface area contributed by atoms with Crippen molar-refractivity contribution in [2.75, 3.05) is 0 Å². The van der Waals surface area contributed by atoms with E-state index in [1.807, 2.05) is 28.8 Å². The van der Waals surface area contributed by atoms with Crippen LogP contribution in [0.15, 0.2) is 83.8 Å². The summed E-state index contributed by atoms with van der Waals surface area (Å²) in [7, 11) is 0. The van der Waals surface area contributed by atoms with Crippen molar-refractivity contribution in [1.29, 1.82) is 0 Å². The van der Waals surface area contributed by atoms with E-state index in [1.54, 1.807) is 42.5 Å². The molecule has 0 radical (unpaired) electrons. The fourth-order valence-electron chi connectivity index (χ4n) is 4.43. The molecule has 5 aromatic rings. The molecule has 1 heterocycles. The van der Waals surface area contributed by atoms with Gasteiger partial charge in [0.25, 0.3) is 0 Å². The predicted octanol–water partition coefficient (Wildman–Crippen LogP) is 8.53. The number of halogens is 5. The highest BCUT2D eigenvalue weighted by molar-refractivity contribution is 8.00. The maximum absolute atomic E-state index is 12.7. The topological polar surface area (TPSA) is 48.0 Å². The zero-order valence-electron chi connectivity index (χ0n) is 18.4. The summed E-state index contributed by atoms with van der Waals surface area (Å²) < 4.78 is 40.2. The number of carbonyl (C=O) groups excluding carboxylic acids is 1. The van der Waals surface area contributed by atoms with Gasteiger partial charge < -0.3 is 10.3 Å². The Labute approximate surface area is 218 Å². The molecule has 0 spiro atoms. The maximum Gasteiger partial charge on any atom is 0.446 e. The maximum atomic E-state index is 12.7. The molecule has 0 saturated carbocycles. The molecule has 5 rings (SSSR count). The predicted molar refractivity (Wildman–Crippen MR) is 141 cm³/mol. The first kappa shape index (κ1) is 24.6. The van der Waals surface area contributed by atoms with Crippen LogP contribution >= 0.6 is 35.0 Å². The lowest BCUT2D eigenvalue weighted by Gasteiger charge is -2.11. The number of carbonyl (C=O) groups is 1. The van der Waals surface area contributed by atoms with Crippen LogP contribution in [0, 0.1) is 0 Å². The number of nitrogens with two attached hydrogens (primary N) is 1. The third-order valence-corrected chi connectivity index (χ3v) is 7.27. The summed E-state index contributed by atoms with van der Waals surface area (Å²) in [4.78, 5) is 12.4. The number of benzene rings is 4. The molecule has 0 aliphatic heterocycles. The number of amides is 1. The fraction of sp³-hybridized carbons (Fsp3) is 0.0741. The van der Waals surface area contributed by atoms with Crippen LogP contribution in [0.2, 0.25) is 10.0 Å². The number of nitrogens with zero attached hydrogens (tertiary/aromatic N) is 1. The van der Waals surface area contributed by atoms with Gasteiger partial charge in [0.15, 0.2) is 0 Å². The molecule has 2 N–H and O–H groups in total. The Morgan fingerprint density at radius 1 is 0.889 bits per heavy atom. The molecule has 0 fully saturated rings. The van der Waals surface area contributed by atoms with Crippen LogP contribution in [0.3, 0.4) is 0 Å². The molecule has 1 amide bonds. The van der Waals surface area contributed by atoms with Gasteiger partial charge in [-0.1, -0.05) is 59.6 Å². The van der Waals surface area contributed by atoms with E-state index < -0.39 is 11.4 Å². The van der Waals surface area contributed by atoms with Gasteiger partial charge in [-0.25, -0.2) is 0 Å². The second kappa shape index (κ2) is 9.39. The number of fused-ring (bicyclic) bond motifs is 3. The molecular weight excluding hydrogens is 528 g/mol. The standard InChI is InChI=1S/C27H17Cl2F3N2OS/c28-20-4-2-5-21(29)24(20)16-9-12-18-23(13-16)34(22-6-1-3-19(25(18)22)26(33)35)14-15-7-10-17(11-8-15)36-27(30,31)32/h1-13H,14H2,(H2,33,35). The highest BCUT2D eigenvalue weighted by Gasteiger charge is 2.29. The first-order valence-corrected chi connectivity index (χ1v) is 12.3. The van der Waals surface area contributed by atoms with Crippen LogP contribution in [0.25, 0.3) is 32.9 Å². The summed E-state index contributed by atoms with van der Waals surface area (Å²) in [5, 5.41) is 2.52. The molecule has 4 aromatic carbocycles. The van der Waals surface area contributed by atoms with E-state index in [0.29, 0.717) is 33.1 Å². The van der Waals surface area contributed by atoms with E-state index >= 15 is 0 Å². The van der Waals surface area contributed by atoms with Gasteiger partial charge in [0, 0.05) is 43.4 Å². The van der Waals surface area contributed by atoms with Gasteiger partial charge in [-0.3, -0.25) is 4.79 Å². The highest BCUT2D eigenvalue weighted by atomic mass is 35.5. The van der Waals surface area contributed by atoms with Crippen molar-refractivity contribution in [3.05, 3.63) is 100 Å². The molecule has 0 bridgehead atoms. The minimum absolute atomic E-state index is 0.111. The lowest BCUT2D eigenvalue weighted by molar-refractivity contribution is -0.0328. The first-order chi connectivity index (χ1) is 17.1. The number of aromatic nitrogens is 1. The van der Waals surface area contributed by atoms with E-state index in [2.05, 4.69) is 0 Å². The highest BCUT2D eigenvalue weighted by Crippen LogP contribution is 2.40. The molecule has 182 valence electrons. The lowest BCUT2D eigenvalue weighted by atomic mass is 10.0. The van der Waals surface area contributed by atoms with E-state index in [4.69, 9.17) is 28.9 Å². The van der Waals surface area contributed by atoms with Gasteiger partial charge >= 0.3 is 5.51 Å². The van der Waals surface area contributed by atoms with E-state index in [0.717, 1.165) is 27.5 Å². The summed E-state index contributed by atoms with van der Waals surface area (Å²) in [6.45, 7) is 0.360. The summed E-state index contributed by atoms with van der Waals surface area (Å²) in [5.74, 6) is -0.550. The van der Waals surface area contributed by atoms with Crippen molar-refractivity contribution in [3.8, 4) is 11.1 Å². The minimum Gasteiger partial charge on any atom is -0.366 e. The number of rotatable bonds is 5. The Hall–Kier alpha value is -3.13. The Morgan fingerprint density at radius 2 is 1.56 bits per heavy atom. The average molecular weight is 545 g/mol. The van der Waals surface area contributed by atoms with Crippen LogP contribution in [0.5, 0.6) is 0 Å². The number of hydrogen-bond acceptors (Lipinski definition) is 2. The molecule has 0 saturated heterocycles. The molecule has 0 aliphatic rings. The molecule has 0 atom stereocenters.